The molecular weight excluding hydrogens is 383 g/mol. The lowest BCUT2D eigenvalue weighted by molar-refractivity contribution is -0.0600. The number of rotatable bonds is 2. The quantitative estimate of drug-likeness (QED) is 0.840. The van der Waals surface area contributed by atoms with E-state index in [9.17, 15) is 22.3 Å². The Bertz CT molecular complexity index is 1140. The fourth-order valence-corrected chi connectivity index (χ4v) is 5.58. The Labute approximate surface area is 152 Å². The first-order valence-corrected chi connectivity index (χ1v) is 9.37. The zero-order valence-electron chi connectivity index (χ0n) is 13.8. The van der Waals surface area contributed by atoms with Crippen LogP contribution in [0.4, 0.5) is 13.2 Å². The zero-order chi connectivity index (χ0) is 19.8. The average molecular weight is 395 g/mol. The van der Waals surface area contributed by atoms with Gasteiger partial charge in [0.25, 0.3) is 0 Å². The van der Waals surface area contributed by atoms with Crippen molar-refractivity contribution >= 4 is 9.84 Å². The summed E-state index contributed by atoms with van der Waals surface area (Å²) in [7, 11) is -4.54. The van der Waals surface area contributed by atoms with Gasteiger partial charge in [-0.2, -0.15) is 5.26 Å². The van der Waals surface area contributed by atoms with Crippen molar-refractivity contribution in [2.24, 2.45) is 0 Å². The first-order chi connectivity index (χ1) is 12.5. The maximum atomic E-state index is 15.0. The molecule has 9 heteroatoms. The number of nitriles is 1. The molecule has 0 aromatic heterocycles. The summed E-state index contributed by atoms with van der Waals surface area (Å²) in [4.78, 5) is -0.491. The van der Waals surface area contributed by atoms with Gasteiger partial charge >= 0.3 is 0 Å². The van der Waals surface area contributed by atoms with Gasteiger partial charge in [0.2, 0.25) is 14.8 Å². The highest BCUT2D eigenvalue weighted by Crippen LogP contribution is 2.63. The van der Waals surface area contributed by atoms with Gasteiger partial charge in [0.1, 0.15) is 29.1 Å². The number of hydrogen-bond donors (Lipinski definition) is 1. The summed E-state index contributed by atoms with van der Waals surface area (Å²) in [6.45, 7) is 0.705. The van der Waals surface area contributed by atoms with Crippen molar-refractivity contribution in [3.05, 3.63) is 52.8 Å². The van der Waals surface area contributed by atoms with E-state index in [4.69, 9.17) is 10.00 Å². The van der Waals surface area contributed by atoms with Crippen LogP contribution in [0.3, 0.4) is 0 Å². The minimum Gasteiger partial charge on any atom is -0.457 e. The molecular formula is C18H12F3NO4S. The summed E-state index contributed by atoms with van der Waals surface area (Å²) in [5.74, 6) is -1.05. The zero-order valence-corrected chi connectivity index (χ0v) is 14.6. The summed E-state index contributed by atoms with van der Waals surface area (Å²) < 4.78 is 73.6. The van der Waals surface area contributed by atoms with E-state index < -0.39 is 43.7 Å². The lowest BCUT2D eigenvalue weighted by atomic mass is 9.91. The maximum Gasteiger partial charge on any atom is 0.244 e. The Balaban J connectivity index is 1.91. The van der Waals surface area contributed by atoms with Crippen molar-refractivity contribution in [1.82, 2.24) is 0 Å². The van der Waals surface area contributed by atoms with Crippen molar-refractivity contribution in [2.75, 3.05) is 0 Å². The Kier molecular flexibility index (Phi) is 3.46. The summed E-state index contributed by atoms with van der Waals surface area (Å²) >= 11 is 0. The fraction of sp³-hybridized carbons (Fsp3) is 0.278. The Morgan fingerprint density at radius 3 is 2.70 bits per heavy atom. The van der Waals surface area contributed by atoms with E-state index in [0.717, 1.165) is 24.3 Å². The van der Waals surface area contributed by atoms with E-state index in [1.807, 2.05) is 0 Å². The van der Waals surface area contributed by atoms with Crippen LogP contribution in [0.25, 0.3) is 0 Å². The number of nitrogens with zero attached hydrogens (tertiary/aromatic N) is 1. The molecule has 1 N–H and O–H groups in total. The molecule has 0 saturated carbocycles. The topological polar surface area (TPSA) is 87.4 Å². The van der Waals surface area contributed by atoms with Gasteiger partial charge in [-0.25, -0.2) is 21.6 Å². The van der Waals surface area contributed by atoms with E-state index >= 15 is 4.39 Å². The molecule has 0 radical (unpaired) electrons. The summed E-state index contributed by atoms with van der Waals surface area (Å²) in [6, 6.07) is 7.06. The number of halogens is 3. The monoisotopic (exact) mass is 395 g/mol. The second kappa shape index (κ2) is 5.24. The first kappa shape index (κ1) is 17.8. The minimum absolute atomic E-state index is 0.0326. The maximum absolute atomic E-state index is 15.0. The van der Waals surface area contributed by atoms with Gasteiger partial charge in [-0.05, 0) is 31.2 Å². The van der Waals surface area contributed by atoms with E-state index in [0.29, 0.717) is 6.92 Å². The molecule has 0 saturated heterocycles. The van der Waals surface area contributed by atoms with Crippen LogP contribution in [0.5, 0.6) is 11.5 Å². The molecule has 27 heavy (non-hydrogen) atoms. The minimum atomic E-state index is -4.54. The number of sulfone groups is 1. The summed E-state index contributed by atoms with van der Waals surface area (Å²) in [5, 5.41) is 16.5. The molecule has 3 atom stereocenters. The molecule has 1 aliphatic carbocycles. The summed E-state index contributed by atoms with van der Waals surface area (Å²) in [6.07, 6.45) is -2.66. The third-order valence-electron chi connectivity index (χ3n) is 5.13. The van der Waals surface area contributed by atoms with Gasteiger partial charge in [-0.1, -0.05) is 0 Å². The molecule has 0 spiro atoms. The van der Waals surface area contributed by atoms with E-state index in [1.165, 1.54) is 6.07 Å². The molecule has 5 nitrogen and oxygen atoms in total. The van der Waals surface area contributed by atoms with Crippen molar-refractivity contribution in [3.63, 3.8) is 0 Å². The predicted octanol–water partition coefficient (Wildman–Crippen LogP) is 3.56. The fourth-order valence-electron chi connectivity index (χ4n) is 3.74. The predicted molar refractivity (Wildman–Crippen MR) is 86.7 cm³/mol. The van der Waals surface area contributed by atoms with Crippen molar-refractivity contribution in [1.29, 1.82) is 5.26 Å². The van der Waals surface area contributed by atoms with E-state index in [2.05, 4.69) is 0 Å². The lowest BCUT2D eigenvalue weighted by Gasteiger charge is -2.28. The third kappa shape index (κ3) is 2.11. The van der Waals surface area contributed by atoms with Crippen LogP contribution in [0.15, 0.2) is 35.2 Å². The van der Waals surface area contributed by atoms with Gasteiger partial charge in [0.05, 0.1) is 16.5 Å². The smallest absolute Gasteiger partial charge is 0.244 e. The molecule has 4 rings (SSSR count). The van der Waals surface area contributed by atoms with Crippen LogP contribution in [-0.4, -0.2) is 18.5 Å². The lowest BCUT2D eigenvalue weighted by Crippen LogP contribution is -2.45. The van der Waals surface area contributed by atoms with Crippen molar-refractivity contribution in [3.8, 4) is 17.6 Å². The molecule has 0 fully saturated rings. The second-order valence-corrected chi connectivity index (χ2v) is 8.91. The Hall–Kier alpha value is -2.57. The van der Waals surface area contributed by atoms with Crippen LogP contribution < -0.4 is 4.74 Å². The molecule has 2 aromatic rings. The van der Waals surface area contributed by atoms with Crippen LogP contribution in [0, 0.1) is 17.1 Å². The number of ether oxygens (including phenoxy) is 1. The number of hydrogen-bond acceptors (Lipinski definition) is 5. The van der Waals surface area contributed by atoms with Gasteiger partial charge in [0, 0.05) is 23.6 Å². The molecule has 1 heterocycles. The Morgan fingerprint density at radius 2 is 2.04 bits per heavy atom. The van der Waals surface area contributed by atoms with Crippen molar-refractivity contribution in [2.45, 2.75) is 35.0 Å². The average Bonchev–Trinajstić information content (AvgIpc) is 2.92. The molecule has 0 amide bonds. The normalized spacial score (nSPS) is 30.0. The summed E-state index contributed by atoms with van der Waals surface area (Å²) in [5.41, 5.74) is -3.23. The van der Waals surface area contributed by atoms with Crippen LogP contribution in [0.1, 0.15) is 36.2 Å². The number of benzene rings is 2. The van der Waals surface area contributed by atoms with Crippen molar-refractivity contribution < 1.29 is 31.4 Å². The van der Waals surface area contributed by atoms with Gasteiger partial charge in [0.15, 0.2) is 0 Å². The molecule has 2 aliphatic rings. The van der Waals surface area contributed by atoms with Crippen LogP contribution in [0.2, 0.25) is 0 Å². The molecule has 140 valence electrons. The van der Waals surface area contributed by atoms with Gasteiger partial charge in [-0.15, -0.1) is 0 Å². The van der Waals surface area contributed by atoms with Gasteiger partial charge < -0.3 is 9.84 Å². The highest BCUT2D eigenvalue weighted by atomic mass is 32.2. The van der Waals surface area contributed by atoms with E-state index in [1.54, 1.807) is 6.07 Å². The highest BCUT2D eigenvalue weighted by Gasteiger charge is 2.70. The van der Waals surface area contributed by atoms with Gasteiger partial charge in [-0.3, -0.25) is 0 Å². The van der Waals surface area contributed by atoms with E-state index in [-0.39, 0.29) is 28.2 Å². The third-order valence-corrected chi connectivity index (χ3v) is 7.40. The first-order valence-electron chi connectivity index (χ1n) is 7.89. The molecule has 1 unspecified atom stereocenters. The highest BCUT2D eigenvalue weighted by molar-refractivity contribution is 7.93. The molecule has 1 aliphatic heterocycles. The SMILES string of the molecule is CC1(F)[C@@]2(O)C[C@H](F)c3c(Oc4cc(F)cc(C#N)c4)ccc(c32)S1(=O)=O. The van der Waals surface area contributed by atoms with Crippen LogP contribution in [-0.2, 0) is 15.4 Å². The number of aliphatic hydroxyl groups is 1. The molecule has 0 bridgehead atoms. The Morgan fingerprint density at radius 1 is 1.33 bits per heavy atom. The standard InChI is InChI=1S/C18H12F3NO4S/c1-17(21)18(23)7-12(20)15-13(2-3-14(16(15)18)27(17,24)25)26-11-5-9(8-22)4-10(19)6-11/h2-6,12,23H,7H2,1H3/t12-,17?,18+/m0/s1. The molecule has 2 aromatic carbocycles. The van der Waals surface area contributed by atoms with Crippen LogP contribution >= 0.6 is 0 Å². The number of alkyl halides is 2. The largest absolute Gasteiger partial charge is 0.457 e. The second-order valence-electron chi connectivity index (χ2n) is 6.69.